The molecule has 11 heteroatoms. The second kappa shape index (κ2) is 14.3. The monoisotopic (exact) mass is 530 g/mol. The summed E-state index contributed by atoms with van der Waals surface area (Å²) in [6, 6.07) is -3.45. The van der Waals surface area contributed by atoms with Gasteiger partial charge in [-0.3, -0.25) is 0 Å². The van der Waals surface area contributed by atoms with Crippen LogP contribution in [0.3, 0.4) is 0 Å². The third-order valence-electron chi connectivity index (χ3n) is 3.51. The standard InChI is InChI=1S/C12H24Cl6S3Si2/c1-3-11(9-22(13,14)15)5-7-19-21-20-8-6-12(4-2)10-23(16,17)18/h11-12H,3-10H2,1-2H3. The first-order valence-corrected chi connectivity index (χ1v) is 21.9. The molecule has 0 saturated carbocycles. The summed E-state index contributed by atoms with van der Waals surface area (Å²) in [5.41, 5.74) is 0. The second-order valence-corrected chi connectivity index (χ2v) is 28.3. The molecule has 0 bridgehead atoms. The molecule has 0 aliphatic carbocycles. The summed E-state index contributed by atoms with van der Waals surface area (Å²) in [4.78, 5) is 0. The van der Waals surface area contributed by atoms with E-state index in [9.17, 15) is 0 Å². The van der Waals surface area contributed by atoms with Gasteiger partial charge in [0.1, 0.15) is 0 Å². The Bertz CT molecular complexity index is 274. The van der Waals surface area contributed by atoms with Crippen LogP contribution in [0.4, 0.5) is 0 Å². The molecule has 2 unspecified atom stereocenters. The Labute approximate surface area is 183 Å². The molecule has 0 amide bonds. The molecule has 0 aliphatic rings. The van der Waals surface area contributed by atoms with Gasteiger partial charge in [-0.05, 0) is 46.6 Å². The van der Waals surface area contributed by atoms with E-state index in [1.807, 2.05) is 31.4 Å². The third-order valence-corrected chi connectivity index (χ3v) is 12.7. The lowest BCUT2D eigenvalue weighted by atomic mass is 10.1. The van der Waals surface area contributed by atoms with Crippen LogP contribution in [-0.4, -0.2) is 23.5 Å². The zero-order chi connectivity index (χ0) is 17.9. The fourth-order valence-corrected chi connectivity index (χ4v) is 12.4. The van der Waals surface area contributed by atoms with Gasteiger partial charge >= 0.3 is 12.0 Å². The predicted octanol–water partition coefficient (Wildman–Crippen LogP) is 9.16. The minimum absolute atomic E-state index is 0.533. The molecule has 0 spiro atoms. The normalized spacial score (nSPS) is 15.7. The van der Waals surface area contributed by atoms with Gasteiger partial charge in [0, 0.05) is 11.5 Å². The molecule has 0 nitrogen and oxygen atoms in total. The molecule has 23 heavy (non-hydrogen) atoms. The number of hydrogen-bond acceptors (Lipinski definition) is 3. The lowest BCUT2D eigenvalue weighted by Crippen LogP contribution is -2.16. The Hall–Kier alpha value is 3.22. The molecular formula is C12H24Cl6S3Si2. The highest BCUT2D eigenvalue weighted by atomic mass is 35.8. The molecule has 140 valence electrons. The van der Waals surface area contributed by atoms with Crippen molar-refractivity contribution >= 4 is 110 Å². The van der Waals surface area contributed by atoms with Crippen molar-refractivity contribution in [3.05, 3.63) is 0 Å². The molecule has 0 aromatic heterocycles. The van der Waals surface area contributed by atoms with Crippen molar-refractivity contribution in [1.29, 1.82) is 0 Å². The van der Waals surface area contributed by atoms with Gasteiger partial charge in [-0.15, -0.1) is 66.5 Å². The Morgan fingerprint density at radius 2 is 1.04 bits per heavy atom. The average molecular weight is 533 g/mol. The summed E-state index contributed by atoms with van der Waals surface area (Å²) in [6.07, 6.45) is 4.40. The van der Waals surface area contributed by atoms with Crippen LogP contribution < -0.4 is 0 Å². The summed E-state index contributed by atoms with van der Waals surface area (Å²) < 4.78 is 0. The third kappa shape index (κ3) is 18.4. The van der Waals surface area contributed by atoms with Crippen LogP contribution in [0.15, 0.2) is 0 Å². The molecular weight excluding hydrogens is 509 g/mol. The summed E-state index contributed by atoms with van der Waals surface area (Å²) in [6.45, 7) is 4.34. The maximum atomic E-state index is 6.01. The van der Waals surface area contributed by atoms with Gasteiger partial charge in [-0.2, -0.15) is 0 Å². The van der Waals surface area contributed by atoms with Gasteiger partial charge < -0.3 is 0 Å². The topological polar surface area (TPSA) is 0 Å². The van der Waals surface area contributed by atoms with E-state index >= 15 is 0 Å². The Kier molecular flexibility index (Phi) is 16.3. The van der Waals surface area contributed by atoms with Gasteiger partial charge in [0.15, 0.2) is 0 Å². The van der Waals surface area contributed by atoms with Crippen molar-refractivity contribution in [3.8, 4) is 0 Å². The molecule has 0 aromatic carbocycles. The fraction of sp³-hybridized carbons (Fsp3) is 1.00. The van der Waals surface area contributed by atoms with E-state index in [4.69, 9.17) is 66.5 Å². The molecule has 0 radical (unpaired) electrons. The van der Waals surface area contributed by atoms with Crippen molar-refractivity contribution in [2.75, 3.05) is 11.5 Å². The van der Waals surface area contributed by atoms with Crippen LogP contribution in [0.5, 0.6) is 0 Å². The van der Waals surface area contributed by atoms with Crippen LogP contribution in [0.25, 0.3) is 0 Å². The average Bonchev–Trinajstić information content (AvgIpc) is 2.40. The Balaban J connectivity index is 3.68. The van der Waals surface area contributed by atoms with Crippen molar-refractivity contribution in [3.63, 3.8) is 0 Å². The van der Waals surface area contributed by atoms with Gasteiger partial charge in [-0.25, -0.2) is 0 Å². The highest BCUT2D eigenvalue weighted by Gasteiger charge is 2.29. The van der Waals surface area contributed by atoms with E-state index in [1.54, 1.807) is 0 Å². The van der Waals surface area contributed by atoms with Crippen LogP contribution >= 0.6 is 97.9 Å². The zero-order valence-electron chi connectivity index (χ0n) is 13.3. The maximum Gasteiger partial charge on any atom is 0.341 e. The van der Waals surface area contributed by atoms with Crippen molar-refractivity contribution in [1.82, 2.24) is 0 Å². The first-order valence-electron chi connectivity index (χ1n) is 7.62. The van der Waals surface area contributed by atoms with E-state index < -0.39 is 12.0 Å². The molecule has 0 aromatic rings. The minimum Gasteiger partial charge on any atom is -0.126 e. The first-order chi connectivity index (χ1) is 10.6. The van der Waals surface area contributed by atoms with Crippen LogP contribution in [-0.2, 0) is 0 Å². The highest BCUT2D eigenvalue weighted by molar-refractivity contribution is 9.09. The van der Waals surface area contributed by atoms with E-state index in [0.717, 1.165) is 49.3 Å². The summed E-state index contributed by atoms with van der Waals surface area (Å²) >= 11 is 36.0. The lowest BCUT2D eigenvalue weighted by Gasteiger charge is -2.18. The number of halogens is 6. The summed E-state index contributed by atoms with van der Waals surface area (Å²) in [7, 11) is 5.64. The van der Waals surface area contributed by atoms with E-state index in [-0.39, 0.29) is 0 Å². The predicted molar refractivity (Wildman–Crippen MR) is 126 cm³/mol. The number of rotatable bonds is 14. The van der Waals surface area contributed by atoms with Gasteiger partial charge in [0.25, 0.3) is 0 Å². The van der Waals surface area contributed by atoms with Crippen LogP contribution in [0, 0.1) is 11.8 Å². The number of hydrogen-bond donors (Lipinski definition) is 0. The van der Waals surface area contributed by atoms with Gasteiger partial charge in [0.05, 0.1) is 0 Å². The molecule has 0 fully saturated rings. The van der Waals surface area contributed by atoms with Crippen molar-refractivity contribution in [2.45, 2.75) is 51.6 Å². The first kappa shape index (κ1) is 26.2. The Morgan fingerprint density at radius 3 is 1.30 bits per heavy atom. The van der Waals surface area contributed by atoms with Crippen LogP contribution in [0.1, 0.15) is 39.5 Å². The van der Waals surface area contributed by atoms with Gasteiger partial charge in [0.2, 0.25) is 0 Å². The molecule has 0 rings (SSSR count). The minimum atomic E-state index is -2.49. The highest BCUT2D eigenvalue weighted by Crippen LogP contribution is 2.39. The van der Waals surface area contributed by atoms with E-state index in [2.05, 4.69) is 13.8 Å². The Morgan fingerprint density at radius 1 is 0.696 bits per heavy atom. The van der Waals surface area contributed by atoms with Gasteiger partial charge in [-0.1, -0.05) is 48.3 Å². The summed E-state index contributed by atoms with van der Waals surface area (Å²) in [5, 5.41) is 0. The smallest absolute Gasteiger partial charge is 0.126 e. The fourth-order valence-electron chi connectivity index (χ4n) is 2.09. The largest absolute Gasteiger partial charge is 0.341 e. The second-order valence-electron chi connectivity index (χ2n) is 5.48. The van der Waals surface area contributed by atoms with E-state index in [0.29, 0.717) is 11.8 Å². The van der Waals surface area contributed by atoms with Crippen LogP contribution in [0.2, 0.25) is 12.1 Å². The van der Waals surface area contributed by atoms with E-state index in [1.165, 1.54) is 0 Å². The zero-order valence-corrected chi connectivity index (χ0v) is 22.3. The molecule has 0 N–H and O–H groups in total. The SMILES string of the molecule is CCC(CCSSSCCC(CC)C[Si](Cl)(Cl)Cl)C[Si](Cl)(Cl)Cl. The molecule has 2 atom stereocenters. The quantitative estimate of drug-likeness (QED) is 0.0946. The molecule has 0 saturated heterocycles. The summed E-state index contributed by atoms with van der Waals surface area (Å²) in [5.74, 6) is 3.27. The van der Waals surface area contributed by atoms with Crippen molar-refractivity contribution < 1.29 is 0 Å². The van der Waals surface area contributed by atoms with Crippen molar-refractivity contribution in [2.24, 2.45) is 11.8 Å². The molecule has 0 heterocycles. The lowest BCUT2D eigenvalue weighted by molar-refractivity contribution is 0.546. The molecule has 0 aliphatic heterocycles. The maximum absolute atomic E-state index is 6.01.